The van der Waals surface area contributed by atoms with Crippen LogP contribution in [0.3, 0.4) is 0 Å². The number of piperidine rings is 1. The molecule has 3 saturated heterocycles. The molecule has 5 rings (SSSR count). The van der Waals surface area contributed by atoms with Crippen molar-refractivity contribution in [2.75, 3.05) is 26.2 Å². The molecule has 2 N–H and O–H groups in total. The molecular weight excluding hydrogens is 384 g/mol. The molecule has 2 atom stereocenters. The average molecular weight is 412 g/mol. The first-order chi connectivity index (χ1) is 14.6. The number of benzene rings is 1. The van der Waals surface area contributed by atoms with Gasteiger partial charge in [0.2, 0.25) is 11.8 Å². The van der Waals surface area contributed by atoms with E-state index in [-0.39, 0.29) is 30.2 Å². The molecule has 30 heavy (non-hydrogen) atoms. The van der Waals surface area contributed by atoms with E-state index in [1.165, 1.54) is 0 Å². The molecule has 0 aliphatic carbocycles. The Morgan fingerprint density at radius 3 is 2.73 bits per heavy atom. The molecule has 8 nitrogen and oxygen atoms in total. The third-order valence-electron chi connectivity index (χ3n) is 6.79. The second-order valence-electron chi connectivity index (χ2n) is 8.72. The number of hydrogen-bond acceptors (Lipinski definition) is 6. The molecule has 4 aliphatic heterocycles. The molecule has 0 aromatic heterocycles. The average Bonchev–Trinajstić information content (AvgIpc) is 3.30. The van der Waals surface area contributed by atoms with Gasteiger partial charge in [-0.2, -0.15) is 0 Å². The van der Waals surface area contributed by atoms with Gasteiger partial charge < -0.3 is 15.0 Å². The highest BCUT2D eigenvalue weighted by molar-refractivity contribution is 6.05. The van der Waals surface area contributed by atoms with Gasteiger partial charge in [-0.25, -0.2) is 0 Å². The summed E-state index contributed by atoms with van der Waals surface area (Å²) in [5.74, 6) is -0.744. The monoisotopic (exact) mass is 412 g/mol. The Morgan fingerprint density at radius 2 is 2.03 bits per heavy atom. The van der Waals surface area contributed by atoms with Crippen LogP contribution in [0.15, 0.2) is 18.2 Å². The van der Waals surface area contributed by atoms with E-state index in [0.29, 0.717) is 24.6 Å². The van der Waals surface area contributed by atoms with Gasteiger partial charge in [0, 0.05) is 57.4 Å². The molecule has 0 spiro atoms. The Balaban J connectivity index is 1.35. The summed E-state index contributed by atoms with van der Waals surface area (Å²) in [6, 6.07) is 5.78. The van der Waals surface area contributed by atoms with Crippen LogP contribution in [0.25, 0.3) is 0 Å². The van der Waals surface area contributed by atoms with Crippen molar-refractivity contribution >= 4 is 17.7 Å². The number of carbonyl (C=O) groups is 3. The molecule has 8 heteroatoms. The van der Waals surface area contributed by atoms with E-state index >= 15 is 0 Å². The summed E-state index contributed by atoms with van der Waals surface area (Å²) in [6.07, 6.45) is 3.17. The lowest BCUT2D eigenvalue weighted by Crippen LogP contribution is -2.58. The zero-order valence-electron chi connectivity index (χ0n) is 17.1. The van der Waals surface area contributed by atoms with Crippen molar-refractivity contribution in [1.29, 1.82) is 0 Å². The van der Waals surface area contributed by atoms with Crippen LogP contribution in [0.5, 0.6) is 0 Å². The number of nitrogens with one attached hydrogen (secondary N) is 2. The van der Waals surface area contributed by atoms with Crippen molar-refractivity contribution in [3.05, 3.63) is 34.9 Å². The van der Waals surface area contributed by atoms with Crippen LogP contribution in [0.1, 0.15) is 47.2 Å². The Hall–Kier alpha value is -2.29. The lowest BCUT2D eigenvalue weighted by Gasteiger charge is -2.39. The van der Waals surface area contributed by atoms with Crippen molar-refractivity contribution in [2.24, 2.45) is 0 Å². The quantitative estimate of drug-likeness (QED) is 0.658. The van der Waals surface area contributed by atoms with Crippen molar-refractivity contribution in [3.63, 3.8) is 0 Å². The zero-order valence-corrected chi connectivity index (χ0v) is 17.1. The van der Waals surface area contributed by atoms with E-state index in [9.17, 15) is 14.4 Å². The highest BCUT2D eigenvalue weighted by atomic mass is 16.5. The van der Waals surface area contributed by atoms with Crippen molar-refractivity contribution in [3.8, 4) is 0 Å². The van der Waals surface area contributed by atoms with Crippen LogP contribution < -0.4 is 10.6 Å². The van der Waals surface area contributed by atoms with Gasteiger partial charge in [0.15, 0.2) is 0 Å². The predicted octanol–water partition coefficient (Wildman–Crippen LogP) is 0.400. The molecule has 1 aromatic carbocycles. The molecule has 4 heterocycles. The minimum atomic E-state index is -0.575. The van der Waals surface area contributed by atoms with Gasteiger partial charge in [0.25, 0.3) is 5.91 Å². The molecule has 0 saturated carbocycles. The van der Waals surface area contributed by atoms with Gasteiger partial charge in [-0.3, -0.25) is 24.6 Å². The summed E-state index contributed by atoms with van der Waals surface area (Å²) in [5, 5.41) is 5.72. The highest BCUT2D eigenvalue weighted by Crippen LogP contribution is 2.31. The van der Waals surface area contributed by atoms with Crippen molar-refractivity contribution in [2.45, 2.75) is 57.0 Å². The Morgan fingerprint density at radius 1 is 1.17 bits per heavy atom. The number of hydrogen-bond donors (Lipinski definition) is 2. The standard InChI is InChI=1S/C22H28N4O4/c27-20-7-6-19(21(28)24-20)26-13-18-14(3-1-5-17(18)22(26)29)11-25(15-9-23-10-15)12-16-4-2-8-30-16/h1,3,5,15-16,19,23H,2,4,6-13H2,(H,24,27,28). The summed E-state index contributed by atoms with van der Waals surface area (Å²) in [7, 11) is 0. The van der Waals surface area contributed by atoms with Gasteiger partial charge in [-0.1, -0.05) is 12.1 Å². The Kier molecular flexibility index (Phi) is 5.30. The molecule has 4 aliphatic rings. The first-order valence-corrected chi connectivity index (χ1v) is 10.9. The maximum atomic E-state index is 13.1. The maximum Gasteiger partial charge on any atom is 0.255 e. The number of ether oxygens (including phenoxy) is 1. The van der Waals surface area contributed by atoms with Crippen LogP contribution in [-0.2, 0) is 27.4 Å². The maximum absolute atomic E-state index is 13.1. The van der Waals surface area contributed by atoms with E-state index < -0.39 is 6.04 Å². The second-order valence-corrected chi connectivity index (χ2v) is 8.72. The van der Waals surface area contributed by atoms with E-state index in [1.807, 2.05) is 12.1 Å². The first kappa shape index (κ1) is 19.7. The molecule has 2 unspecified atom stereocenters. The van der Waals surface area contributed by atoms with Crippen LogP contribution in [0.4, 0.5) is 0 Å². The summed E-state index contributed by atoms with van der Waals surface area (Å²) in [6.45, 7) is 4.89. The molecule has 0 bridgehead atoms. The SMILES string of the molecule is O=C1CCC(N2Cc3c(CN(CC4CCCO4)C4CNC4)cccc3C2=O)C(=O)N1. The zero-order chi connectivity index (χ0) is 20.7. The van der Waals surface area contributed by atoms with E-state index in [4.69, 9.17) is 4.74 Å². The first-order valence-electron chi connectivity index (χ1n) is 10.9. The van der Waals surface area contributed by atoms with Gasteiger partial charge in [0.05, 0.1) is 6.10 Å². The smallest absolute Gasteiger partial charge is 0.255 e. The Labute approximate surface area is 175 Å². The summed E-state index contributed by atoms with van der Waals surface area (Å²) < 4.78 is 5.87. The lowest BCUT2D eigenvalue weighted by atomic mass is 10.0. The van der Waals surface area contributed by atoms with Crippen molar-refractivity contribution < 1.29 is 19.1 Å². The molecule has 0 radical (unpaired) electrons. The largest absolute Gasteiger partial charge is 0.377 e. The van der Waals surface area contributed by atoms with Crippen LogP contribution in [0, 0.1) is 0 Å². The molecule has 160 valence electrons. The fraction of sp³-hybridized carbons (Fsp3) is 0.591. The third-order valence-corrected chi connectivity index (χ3v) is 6.79. The number of fused-ring (bicyclic) bond motifs is 1. The number of imide groups is 1. The normalized spacial score (nSPS) is 26.8. The summed E-state index contributed by atoms with van der Waals surface area (Å²) in [4.78, 5) is 41.0. The predicted molar refractivity (Wildman–Crippen MR) is 109 cm³/mol. The molecular formula is C22H28N4O4. The number of rotatable bonds is 6. The van der Waals surface area contributed by atoms with E-state index in [0.717, 1.165) is 56.8 Å². The topological polar surface area (TPSA) is 91.0 Å². The minimum Gasteiger partial charge on any atom is -0.377 e. The highest BCUT2D eigenvalue weighted by Gasteiger charge is 2.40. The van der Waals surface area contributed by atoms with Crippen LogP contribution in [0.2, 0.25) is 0 Å². The van der Waals surface area contributed by atoms with Gasteiger partial charge in [-0.15, -0.1) is 0 Å². The van der Waals surface area contributed by atoms with E-state index in [1.54, 1.807) is 4.90 Å². The number of carbonyl (C=O) groups excluding carboxylic acids is 3. The number of nitrogens with zero attached hydrogens (tertiary/aromatic N) is 2. The Bertz CT molecular complexity index is 863. The van der Waals surface area contributed by atoms with E-state index in [2.05, 4.69) is 21.6 Å². The number of amides is 3. The second kappa shape index (κ2) is 8.09. The van der Waals surface area contributed by atoms with Crippen LogP contribution >= 0.6 is 0 Å². The molecule has 1 aromatic rings. The van der Waals surface area contributed by atoms with Gasteiger partial charge >= 0.3 is 0 Å². The lowest BCUT2D eigenvalue weighted by molar-refractivity contribution is -0.136. The molecule has 3 amide bonds. The fourth-order valence-corrected chi connectivity index (χ4v) is 4.94. The molecule has 3 fully saturated rings. The van der Waals surface area contributed by atoms with Crippen LogP contribution in [-0.4, -0.2) is 72.0 Å². The van der Waals surface area contributed by atoms with Gasteiger partial charge in [0.1, 0.15) is 6.04 Å². The van der Waals surface area contributed by atoms with Gasteiger partial charge in [-0.05, 0) is 36.5 Å². The summed E-state index contributed by atoms with van der Waals surface area (Å²) >= 11 is 0. The minimum absolute atomic E-state index is 0.114. The third kappa shape index (κ3) is 3.64. The van der Waals surface area contributed by atoms with Crippen molar-refractivity contribution in [1.82, 2.24) is 20.4 Å². The summed E-state index contributed by atoms with van der Waals surface area (Å²) in [5.41, 5.74) is 2.83. The fourth-order valence-electron chi connectivity index (χ4n) is 4.94.